The van der Waals surface area contributed by atoms with E-state index in [2.05, 4.69) is 20.3 Å². The van der Waals surface area contributed by atoms with E-state index in [1.807, 2.05) is 31.4 Å². The number of sulfonamides is 1. The third-order valence-corrected chi connectivity index (χ3v) is 4.19. The van der Waals surface area contributed by atoms with Crippen LogP contribution < -0.4 is 15.4 Å². The molecule has 0 amide bonds. The van der Waals surface area contributed by atoms with E-state index >= 15 is 0 Å². The molecule has 6 nitrogen and oxygen atoms in total. The van der Waals surface area contributed by atoms with E-state index in [1.165, 1.54) is 4.88 Å². The number of rotatable bonds is 6. The van der Waals surface area contributed by atoms with E-state index in [-0.39, 0.29) is 24.0 Å². The average molecular weight is 446 g/mol. The zero-order chi connectivity index (χ0) is 15.2. The van der Waals surface area contributed by atoms with Gasteiger partial charge in [-0.3, -0.25) is 4.99 Å². The molecule has 0 saturated heterocycles. The Morgan fingerprint density at radius 1 is 1.38 bits per heavy atom. The zero-order valence-corrected chi connectivity index (χ0v) is 16.6. The van der Waals surface area contributed by atoms with E-state index in [1.54, 1.807) is 18.4 Å². The van der Waals surface area contributed by atoms with Gasteiger partial charge in [-0.25, -0.2) is 13.1 Å². The van der Waals surface area contributed by atoms with Crippen molar-refractivity contribution >= 4 is 51.3 Å². The molecule has 1 rings (SSSR count). The third kappa shape index (κ3) is 9.27. The van der Waals surface area contributed by atoms with Crippen LogP contribution in [-0.4, -0.2) is 39.8 Å². The molecule has 0 saturated carbocycles. The number of guanidine groups is 1. The van der Waals surface area contributed by atoms with E-state index in [9.17, 15) is 8.42 Å². The molecule has 1 aromatic heterocycles. The lowest BCUT2D eigenvalue weighted by molar-refractivity contribution is 0.446. The molecule has 0 aliphatic rings. The quantitative estimate of drug-likeness (QED) is 0.350. The maximum absolute atomic E-state index is 11.3. The van der Waals surface area contributed by atoms with Gasteiger partial charge in [-0.2, -0.15) is 0 Å². The maximum atomic E-state index is 11.3. The van der Waals surface area contributed by atoms with Crippen LogP contribution in [0.25, 0.3) is 0 Å². The second-order valence-electron chi connectivity index (χ2n) is 5.12. The highest BCUT2D eigenvalue weighted by Gasteiger charge is 2.22. The van der Waals surface area contributed by atoms with Gasteiger partial charge in [0.15, 0.2) is 5.96 Å². The Hall–Kier alpha value is -0.390. The smallest absolute Gasteiger partial charge is 0.209 e. The molecular formula is C12H23IN4O2S2. The number of nitrogens with zero attached hydrogens (tertiary/aromatic N) is 1. The fourth-order valence-corrected chi connectivity index (χ4v) is 3.37. The van der Waals surface area contributed by atoms with Crippen LogP contribution in [0.3, 0.4) is 0 Å². The van der Waals surface area contributed by atoms with Crippen molar-refractivity contribution in [1.82, 2.24) is 15.4 Å². The van der Waals surface area contributed by atoms with Crippen molar-refractivity contribution in [2.24, 2.45) is 4.99 Å². The van der Waals surface area contributed by atoms with Crippen molar-refractivity contribution in [3.05, 3.63) is 22.4 Å². The Morgan fingerprint density at radius 2 is 2.05 bits per heavy atom. The van der Waals surface area contributed by atoms with Gasteiger partial charge in [-0.1, -0.05) is 6.07 Å². The first-order chi connectivity index (χ1) is 9.22. The Kier molecular flexibility index (Phi) is 8.74. The largest absolute Gasteiger partial charge is 0.355 e. The van der Waals surface area contributed by atoms with Gasteiger partial charge in [-0.05, 0) is 25.3 Å². The van der Waals surface area contributed by atoms with Crippen LogP contribution in [0.4, 0.5) is 0 Å². The topological polar surface area (TPSA) is 82.6 Å². The Balaban J connectivity index is 0.00000400. The summed E-state index contributed by atoms with van der Waals surface area (Å²) in [6.45, 7) is 4.75. The SMILES string of the molecule is CN=C(NCc1cccs1)NCC(C)(C)NS(C)(=O)=O.I. The first-order valence-corrected chi connectivity index (χ1v) is 8.95. The Labute approximate surface area is 147 Å². The number of thiophene rings is 1. The van der Waals surface area contributed by atoms with Crippen LogP contribution in [-0.2, 0) is 16.6 Å². The molecule has 0 aromatic carbocycles. The molecule has 3 N–H and O–H groups in total. The van der Waals surface area contributed by atoms with Gasteiger partial charge in [0.1, 0.15) is 0 Å². The van der Waals surface area contributed by atoms with Gasteiger partial charge in [0.25, 0.3) is 0 Å². The predicted octanol–water partition coefficient (Wildman–Crippen LogP) is 1.36. The minimum Gasteiger partial charge on any atom is -0.355 e. The zero-order valence-electron chi connectivity index (χ0n) is 12.6. The molecule has 1 aromatic rings. The first kappa shape index (κ1) is 20.6. The lowest BCUT2D eigenvalue weighted by atomic mass is 10.1. The second-order valence-corrected chi connectivity index (χ2v) is 7.90. The summed E-state index contributed by atoms with van der Waals surface area (Å²) in [4.78, 5) is 5.32. The molecule has 0 aliphatic carbocycles. The van der Waals surface area contributed by atoms with E-state index < -0.39 is 15.6 Å². The van der Waals surface area contributed by atoms with Gasteiger partial charge in [0.05, 0.1) is 12.8 Å². The highest BCUT2D eigenvalue weighted by atomic mass is 127. The third-order valence-electron chi connectivity index (χ3n) is 2.39. The van der Waals surface area contributed by atoms with Crippen molar-refractivity contribution in [2.45, 2.75) is 25.9 Å². The summed E-state index contributed by atoms with van der Waals surface area (Å²) in [5.41, 5.74) is -0.589. The van der Waals surface area contributed by atoms with Crippen LogP contribution in [0, 0.1) is 0 Å². The van der Waals surface area contributed by atoms with Crippen LogP contribution in [0.5, 0.6) is 0 Å². The van der Waals surface area contributed by atoms with Crippen LogP contribution >= 0.6 is 35.3 Å². The van der Waals surface area contributed by atoms with Crippen LogP contribution in [0.1, 0.15) is 18.7 Å². The number of aliphatic imine (C=N–C) groups is 1. The van der Waals surface area contributed by atoms with Crippen molar-refractivity contribution < 1.29 is 8.42 Å². The van der Waals surface area contributed by atoms with Gasteiger partial charge in [0, 0.05) is 24.0 Å². The van der Waals surface area contributed by atoms with Crippen molar-refractivity contribution in [3.8, 4) is 0 Å². The highest BCUT2D eigenvalue weighted by molar-refractivity contribution is 14.0. The van der Waals surface area contributed by atoms with Crippen LogP contribution in [0.2, 0.25) is 0 Å². The molecule has 0 aliphatic heterocycles. The summed E-state index contributed by atoms with van der Waals surface area (Å²) in [7, 11) is -1.55. The first-order valence-electron chi connectivity index (χ1n) is 6.18. The maximum Gasteiger partial charge on any atom is 0.209 e. The number of nitrogens with one attached hydrogen (secondary N) is 3. The summed E-state index contributed by atoms with van der Waals surface area (Å²) in [5, 5.41) is 8.31. The van der Waals surface area contributed by atoms with Crippen molar-refractivity contribution in [1.29, 1.82) is 0 Å². The molecule has 0 unspecified atom stereocenters. The summed E-state index contributed by atoms with van der Waals surface area (Å²) >= 11 is 1.67. The molecule has 9 heteroatoms. The molecule has 0 spiro atoms. The van der Waals surface area contributed by atoms with E-state index in [0.29, 0.717) is 19.0 Å². The molecule has 0 atom stereocenters. The molecule has 21 heavy (non-hydrogen) atoms. The van der Waals surface area contributed by atoms with Gasteiger partial charge < -0.3 is 10.6 Å². The van der Waals surface area contributed by atoms with E-state index in [4.69, 9.17) is 0 Å². The van der Waals surface area contributed by atoms with E-state index in [0.717, 1.165) is 6.26 Å². The van der Waals surface area contributed by atoms with Gasteiger partial charge in [-0.15, -0.1) is 35.3 Å². The number of hydrogen-bond donors (Lipinski definition) is 3. The summed E-state index contributed by atoms with van der Waals surface area (Å²) in [6.07, 6.45) is 1.15. The van der Waals surface area contributed by atoms with Crippen molar-refractivity contribution in [3.63, 3.8) is 0 Å². The monoisotopic (exact) mass is 446 g/mol. The Morgan fingerprint density at radius 3 is 2.52 bits per heavy atom. The standard InChI is InChI=1S/C12H22N4O2S2.HI/c1-12(2,16-20(4,17)18)9-15-11(13-3)14-8-10-6-5-7-19-10;/h5-7,16H,8-9H2,1-4H3,(H2,13,14,15);1H. The lowest BCUT2D eigenvalue weighted by Crippen LogP contribution is -2.52. The molecule has 0 fully saturated rings. The molecule has 122 valence electrons. The Bertz CT molecular complexity index is 542. The fraction of sp³-hybridized carbons (Fsp3) is 0.583. The second kappa shape index (κ2) is 8.91. The lowest BCUT2D eigenvalue weighted by Gasteiger charge is -2.26. The number of halogens is 1. The highest BCUT2D eigenvalue weighted by Crippen LogP contribution is 2.07. The summed E-state index contributed by atoms with van der Waals surface area (Å²) < 4.78 is 25.1. The molecule has 1 heterocycles. The van der Waals surface area contributed by atoms with Crippen LogP contribution in [0.15, 0.2) is 22.5 Å². The van der Waals surface area contributed by atoms with Gasteiger partial charge in [0.2, 0.25) is 10.0 Å². The molecule has 0 bridgehead atoms. The van der Waals surface area contributed by atoms with Crippen molar-refractivity contribution in [2.75, 3.05) is 19.8 Å². The van der Waals surface area contributed by atoms with Gasteiger partial charge >= 0.3 is 0 Å². The average Bonchev–Trinajstić information content (AvgIpc) is 2.79. The minimum absolute atomic E-state index is 0. The summed E-state index contributed by atoms with van der Waals surface area (Å²) in [6, 6.07) is 4.04. The molecular weight excluding hydrogens is 423 g/mol. The molecule has 0 radical (unpaired) electrons. The number of hydrogen-bond acceptors (Lipinski definition) is 4. The summed E-state index contributed by atoms with van der Waals surface area (Å²) in [5.74, 6) is 0.641. The normalized spacial score (nSPS) is 12.7. The predicted molar refractivity (Wildman–Crippen MR) is 100.0 cm³/mol. The fourth-order valence-electron chi connectivity index (χ4n) is 1.65. The minimum atomic E-state index is -3.23.